The fraction of sp³-hybridized carbons (Fsp3) is 0.462. The summed E-state index contributed by atoms with van der Waals surface area (Å²) >= 11 is 0. The first-order valence-corrected chi connectivity index (χ1v) is 6.00. The standard InChI is InChI=1S/C13H15N3O3/c1-9-10(6-14)2-3-11(16-9)12(17)15-7-13(18)4-5-19-8-13/h2-3,18H,4-5,7-8H2,1H3,(H,15,17). The molecule has 1 unspecified atom stereocenters. The Morgan fingerprint density at radius 3 is 3.05 bits per heavy atom. The minimum atomic E-state index is -0.989. The fourth-order valence-corrected chi connectivity index (χ4v) is 1.88. The molecule has 6 nitrogen and oxygen atoms in total. The van der Waals surface area contributed by atoms with Crippen LogP contribution in [0.15, 0.2) is 12.1 Å². The maximum Gasteiger partial charge on any atom is 0.269 e. The van der Waals surface area contributed by atoms with Crippen molar-refractivity contribution in [2.45, 2.75) is 18.9 Å². The predicted octanol–water partition coefficient (Wildman–Crippen LogP) is 0.143. The second kappa shape index (κ2) is 5.34. The summed E-state index contributed by atoms with van der Waals surface area (Å²) in [5.41, 5.74) is 0.202. The number of carbonyl (C=O) groups excluding carboxylic acids is 1. The first kappa shape index (κ1) is 13.5. The highest BCUT2D eigenvalue weighted by molar-refractivity contribution is 5.92. The molecule has 0 saturated carbocycles. The van der Waals surface area contributed by atoms with Gasteiger partial charge < -0.3 is 15.2 Å². The highest BCUT2D eigenvalue weighted by Crippen LogP contribution is 2.17. The molecule has 0 aromatic carbocycles. The molecule has 1 amide bonds. The molecule has 100 valence electrons. The normalized spacial score (nSPS) is 21.9. The van der Waals surface area contributed by atoms with Crippen LogP contribution in [0.1, 0.15) is 28.2 Å². The molecule has 1 aromatic heterocycles. The number of amides is 1. The van der Waals surface area contributed by atoms with Gasteiger partial charge in [0.2, 0.25) is 0 Å². The van der Waals surface area contributed by atoms with Crippen LogP contribution in [0.25, 0.3) is 0 Å². The van der Waals surface area contributed by atoms with E-state index in [9.17, 15) is 9.90 Å². The van der Waals surface area contributed by atoms with Crippen LogP contribution in [0.4, 0.5) is 0 Å². The molecule has 1 aliphatic heterocycles. The fourth-order valence-electron chi connectivity index (χ4n) is 1.88. The summed E-state index contributed by atoms with van der Waals surface area (Å²) in [5.74, 6) is -0.368. The molecule has 6 heteroatoms. The van der Waals surface area contributed by atoms with Crippen molar-refractivity contribution in [1.29, 1.82) is 5.26 Å². The van der Waals surface area contributed by atoms with E-state index in [2.05, 4.69) is 10.3 Å². The van der Waals surface area contributed by atoms with Crippen molar-refractivity contribution in [3.8, 4) is 6.07 Å². The average Bonchev–Trinajstić information content (AvgIpc) is 2.83. The molecular weight excluding hydrogens is 246 g/mol. The monoisotopic (exact) mass is 261 g/mol. The van der Waals surface area contributed by atoms with Crippen LogP contribution in [0.2, 0.25) is 0 Å². The first-order valence-electron chi connectivity index (χ1n) is 6.00. The van der Waals surface area contributed by atoms with Crippen molar-refractivity contribution in [3.05, 3.63) is 29.1 Å². The third-order valence-electron chi connectivity index (χ3n) is 3.10. The average molecular weight is 261 g/mol. The molecule has 1 aromatic rings. The van der Waals surface area contributed by atoms with Gasteiger partial charge in [-0.1, -0.05) is 0 Å². The second-order valence-corrected chi connectivity index (χ2v) is 4.65. The van der Waals surface area contributed by atoms with E-state index in [0.29, 0.717) is 24.3 Å². The summed E-state index contributed by atoms with van der Waals surface area (Å²) in [5, 5.41) is 21.4. The van der Waals surface area contributed by atoms with E-state index in [-0.39, 0.29) is 24.8 Å². The van der Waals surface area contributed by atoms with Gasteiger partial charge in [0, 0.05) is 19.6 Å². The minimum absolute atomic E-state index is 0.132. The van der Waals surface area contributed by atoms with Crippen LogP contribution in [-0.2, 0) is 4.74 Å². The van der Waals surface area contributed by atoms with Gasteiger partial charge in [-0.15, -0.1) is 0 Å². The maximum absolute atomic E-state index is 11.9. The number of carbonyl (C=O) groups is 1. The Labute approximate surface area is 111 Å². The Balaban J connectivity index is 2.00. The molecule has 1 aliphatic rings. The van der Waals surface area contributed by atoms with Crippen LogP contribution >= 0.6 is 0 Å². The van der Waals surface area contributed by atoms with E-state index in [4.69, 9.17) is 10.00 Å². The van der Waals surface area contributed by atoms with E-state index in [1.54, 1.807) is 13.0 Å². The molecule has 1 atom stereocenters. The molecule has 2 N–H and O–H groups in total. The van der Waals surface area contributed by atoms with Crippen LogP contribution < -0.4 is 5.32 Å². The number of rotatable bonds is 3. The van der Waals surface area contributed by atoms with Crippen LogP contribution in [0, 0.1) is 18.3 Å². The predicted molar refractivity (Wildman–Crippen MR) is 66.4 cm³/mol. The third kappa shape index (κ3) is 3.08. The number of hydrogen-bond acceptors (Lipinski definition) is 5. The summed E-state index contributed by atoms with van der Waals surface area (Å²) in [6, 6.07) is 5.05. The van der Waals surface area contributed by atoms with Crippen LogP contribution in [-0.4, -0.2) is 41.4 Å². The third-order valence-corrected chi connectivity index (χ3v) is 3.10. The highest BCUT2D eigenvalue weighted by Gasteiger charge is 2.32. The molecular formula is C13H15N3O3. The van der Waals surface area contributed by atoms with Gasteiger partial charge >= 0.3 is 0 Å². The number of nitrogens with zero attached hydrogens (tertiary/aromatic N) is 2. The molecule has 2 rings (SSSR count). The summed E-state index contributed by atoms with van der Waals surface area (Å²) < 4.78 is 5.09. The number of aromatic nitrogens is 1. The molecule has 2 heterocycles. The van der Waals surface area contributed by atoms with Crippen LogP contribution in [0.3, 0.4) is 0 Å². The number of ether oxygens (including phenoxy) is 1. The summed E-state index contributed by atoms with van der Waals surface area (Å²) in [6.45, 7) is 2.54. The van der Waals surface area contributed by atoms with Crippen molar-refractivity contribution in [3.63, 3.8) is 0 Å². The zero-order valence-electron chi connectivity index (χ0n) is 10.6. The van der Waals surface area contributed by atoms with Crippen molar-refractivity contribution < 1.29 is 14.6 Å². The number of pyridine rings is 1. The smallest absolute Gasteiger partial charge is 0.269 e. The minimum Gasteiger partial charge on any atom is -0.386 e. The SMILES string of the molecule is Cc1nc(C(=O)NCC2(O)CCOC2)ccc1C#N. The van der Waals surface area contributed by atoms with Gasteiger partial charge in [0.15, 0.2) is 0 Å². The lowest BCUT2D eigenvalue weighted by molar-refractivity contribution is 0.0264. The number of hydrogen-bond donors (Lipinski definition) is 2. The molecule has 1 saturated heterocycles. The number of aryl methyl sites for hydroxylation is 1. The first-order chi connectivity index (χ1) is 9.04. The van der Waals surface area contributed by atoms with Gasteiger partial charge in [0.25, 0.3) is 5.91 Å². The quantitative estimate of drug-likeness (QED) is 0.807. The molecule has 0 aliphatic carbocycles. The Morgan fingerprint density at radius 2 is 2.47 bits per heavy atom. The Kier molecular flexibility index (Phi) is 3.79. The summed E-state index contributed by atoms with van der Waals surface area (Å²) in [6.07, 6.45) is 0.507. The number of aliphatic hydroxyl groups is 1. The number of nitriles is 1. The van der Waals surface area contributed by atoms with Crippen LogP contribution in [0.5, 0.6) is 0 Å². The number of nitrogens with one attached hydrogen (secondary N) is 1. The molecule has 1 fully saturated rings. The van der Waals surface area contributed by atoms with Crippen molar-refractivity contribution in [2.75, 3.05) is 19.8 Å². The largest absolute Gasteiger partial charge is 0.386 e. The Bertz CT molecular complexity index is 530. The summed E-state index contributed by atoms with van der Waals surface area (Å²) in [4.78, 5) is 16.0. The zero-order valence-corrected chi connectivity index (χ0v) is 10.6. The second-order valence-electron chi connectivity index (χ2n) is 4.65. The van der Waals surface area contributed by atoms with Gasteiger partial charge in [-0.3, -0.25) is 4.79 Å². The van der Waals surface area contributed by atoms with Gasteiger partial charge in [0.05, 0.1) is 17.9 Å². The lowest BCUT2D eigenvalue weighted by atomic mass is 10.0. The zero-order chi connectivity index (χ0) is 13.9. The van der Waals surface area contributed by atoms with Gasteiger partial charge in [-0.05, 0) is 19.1 Å². The Morgan fingerprint density at radius 1 is 1.68 bits per heavy atom. The van der Waals surface area contributed by atoms with E-state index in [1.807, 2.05) is 6.07 Å². The van der Waals surface area contributed by atoms with E-state index in [1.165, 1.54) is 6.07 Å². The van der Waals surface area contributed by atoms with E-state index >= 15 is 0 Å². The van der Waals surface area contributed by atoms with Gasteiger partial charge in [-0.2, -0.15) is 5.26 Å². The van der Waals surface area contributed by atoms with Crippen molar-refractivity contribution in [2.24, 2.45) is 0 Å². The lowest BCUT2D eigenvalue weighted by Crippen LogP contribution is -2.43. The lowest BCUT2D eigenvalue weighted by Gasteiger charge is -2.20. The Hall–Kier alpha value is -1.97. The van der Waals surface area contributed by atoms with Gasteiger partial charge in [-0.25, -0.2) is 4.98 Å². The molecule has 0 radical (unpaired) electrons. The topological polar surface area (TPSA) is 95.2 Å². The van der Waals surface area contributed by atoms with E-state index in [0.717, 1.165) is 0 Å². The summed E-state index contributed by atoms with van der Waals surface area (Å²) in [7, 11) is 0. The maximum atomic E-state index is 11.9. The molecule has 19 heavy (non-hydrogen) atoms. The molecule has 0 bridgehead atoms. The van der Waals surface area contributed by atoms with Crippen molar-refractivity contribution >= 4 is 5.91 Å². The molecule has 0 spiro atoms. The highest BCUT2D eigenvalue weighted by atomic mass is 16.5. The van der Waals surface area contributed by atoms with E-state index < -0.39 is 5.60 Å². The van der Waals surface area contributed by atoms with Gasteiger partial charge in [0.1, 0.15) is 17.4 Å². The van der Waals surface area contributed by atoms with Crippen molar-refractivity contribution in [1.82, 2.24) is 10.3 Å².